The molecule has 122 valence electrons. The molecule has 0 fully saturated rings. The van der Waals surface area contributed by atoms with E-state index in [1.54, 1.807) is 60.7 Å². The third-order valence-electron chi connectivity index (χ3n) is 4.11. The Hall–Kier alpha value is -2.91. The van der Waals surface area contributed by atoms with Gasteiger partial charge in [-0.1, -0.05) is 41.9 Å². The summed E-state index contributed by atoms with van der Waals surface area (Å²) in [4.78, 5) is 4.62. The molecule has 0 aliphatic carbocycles. The van der Waals surface area contributed by atoms with Gasteiger partial charge in [-0.3, -0.25) is 0 Å². The lowest BCUT2D eigenvalue weighted by molar-refractivity contribution is 0.477. The van der Waals surface area contributed by atoms with Gasteiger partial charge in [0.25, 0.3) is 0 Å². The Labute approximate surface area is 149 Å². The van der Waals surface area contributed by atoms with Crippen LogP contribution in [0.5, 0.6) is 5.75 Å². The van der Waals surface area contributed by atoms with E-state index in [0.717, 1.165) is 5.39 Å². The third kappa shape index (κ3) is 2.83. The lowest BCUT2D eigenvalue weighted by atomic mass is 9.97. The van der Waals surface area contributed by atoms with Crippen LogP contribution in [-0.4, -0.2) is 10.1 Å². The van der Waals surface area contributed by atoms with E-state index in [1.807, 2.05) is 6.07 Å². The van der Waals surface area contributed by atoms with Gasteiger partial charge in [-0.2, -0.15) is 0 Å². The number of phenolic OH excluding ortho intramolecular Hbond substituents is 1. The molecule has 0 spiro atoms. The lowest BCUT2D eigenvalue weighted by Crippen LogP contribution is -1.92. The number of benzene rings is 3. The van der Waals surface area contributed by atoms with Gasteiger partial charge >= 0.3 is 0 Å². The van der Waals surface area contributed by atoms with E-state index >= 15 is 0 Å². The minimum atomic E-state index is -0.321. The highest BCUT2D eigenvalue weighted by molar-refractivity contribution is 6.31. The summed E-state index contributed by atoms with van der Waals surface area (Å²) in [5.41, 5.74) is 3.00. The van der Waals surface area contributed by atoms with Crippen molar-refractivity contribution in [1.29, 1.82) is 0 Å². The number of aromatic hydroxyl groups is 1. The zero-order valence-corrected chi connectivity index (χ0v) is 13.8. The maximum absolute atomic E-state index is 14.4. The van der Waals surface area contributed by atoms with Crippen LogP contribution >= 0.6 is 11.6 Å². The molecule has 0 atom stereocenters. The van der Waals surface area contributed by atoms with Gasteiger partial charge in [-0.25, -0.2) is 9.37 Å². The molecular weight excluding hydrogens is 337 g/mol. The molecule has 1 N–H and O–H groups in total. The lowest BCUT2D eigenvalue weighted by Gasteiger charge is -2.12. The molecule has 0 aliphatic rings. The number of hydrogen-bond acceptors (Lipinski definition) is 2. The predicted octanol–water partition coefficient (Wildman–Crippen LogP) is 6.07. The van der Waals surface area contributed by atoms with Crippen LogP contribution in [0.15, 0.2) is 72.8 Å². The highest BCUT2D eigenvalue weighted by atomic mass is 35.5. The zero-order chi connectivity index (χ0) is 17.4. The maximum Gasteiger partial charge on any atom is 0.131 e. The highest BCUT2D eigenvalue weighted by Crippen LogP contribution is 2.36. The van der Waals surface area contributed by atoms with E-state index in [0.29, 0.717) is 32.9 Å². The molecule has 1 heterocycles. The molecule has 4 rings (SSSR count). The van der Waals surface area contributed by atoms with Gasteiger partial charge in [0.1, 0.15) is 11.6 Å². The smallest absolute Gasteiger partial charge is 0.131 e. The van der Waals surface area contributed by atoms with Gasteiger partial charge in [-0.15, -0.1) is 0 Å². The summed E-state index contributed by atoms with van der Waals surface area (Å²) in [6.07, 6.45) is 0. The molecule has 4 aromatic rings. The van der Waals surface area contributed by atoms with Crippen molar-refractivity contribution in [3.8, 4) is 28.1 Å². The first-order valence-electron chi connectivity index (χ1n) is 7.77. The van der Waals surface area contributed by atoms with E-state index in [2.05, 4.69) is 4.98 Å². The van der Waals surface area contributed by atoms with Gasteiger partial charge in [0.2, 0.25) is 0 Å². The van der Waals surface area contributed by atoms with Crippen molar-refractivity contribution in [3.63, 3.8) is 0 Å². The molecular formula is C21H13ClFNO. The summed E-state index contributed by atoms with van der Waals surface area (Å²) < 4.78 is 14.4. The second-order valence-electron chi connectivity index (χ2n) is 5.71. The molecule has 0 unspecified atom stereocenters. The van der Waals surface area contributed by atoms with Crippen molar-refractivity contribution >= 4 is 22.5 Å². The second kappa shape index (κ2) is 6.19. The van der Waals surface area contributed by atoms with Crippen molar-refractivity contribution in [2.24, 2.45) is 0 Å². The van der Waals surface area contributed by atoms with E-state index < -0.39 is 0 Å². The average Bonchev–Trinajstić information content (AvgIpc) is 2.62. The van der Waals surface area contributed by atoms with E-state index in [-0.39, 0.29) is 11.6 Å². The van der Waals surface area contributed by atoms with Crippen LogP contribution in [0, 0.1) is 5.82 Å². The van der Waals surface area contributed by atoms with Crippen molar-refractivity contribution < 1.29 is 9.50 Å². The molecule has 0 saturated carbocycles. The highest BCUT2D eigenvalue weighted by Gasteiger charge is 2.14. The number of hydrogen-bond donors (Lipinski definition) is 1. The fourth-order valence-electron chi connectivity index (χ4n) is 2.93. The fourth-order valence-corrected chi connectivity index (χ4v) is 3.10. The summed E-state index contributed by atoms with van der Waals surface area (Å²) in [6, 6.07) is 20.6. The Morgan fingerprint density at radius 2 is 1.52 bits per heavy atom. The summed E-state index contributed by atoms with van der Waals surface area (Å²) in [5, 5.41) is 11.5. The number of para-hydroxylation sites is 1. The molecule has 25 heavy (non-hydrogen) atoms. The third-order valence-corrected chi connectivity index (χ3v) is 4.35. The predicted molar refractivity (Wildman–Crippen MR) is 99.2 cm³/mol. The Morgan fingerprint density at radius 1 is 0.800 bits per heavy atom. The molecule has 0 radical (unpaired) electrons. The van der Waals surface area contributed by atoms with E-state index in [1.165, 1.54) is 6.07 Å². The van der Waals surface area contributed by atoms with Crippen LogP contribution in [0.4, 0.5) is 4.39 Å². The van der Waals surface area contributed by atoms with Crippen LogP contribution in [0.3, 0.4) is 0 Å². The Kier molecular flexibility index (Phi) is 3.86. The minimum Gasteiger partial charge on any atom is -0.507 e. The number of phenols is 1. The number of aromatic nitrogens is 1. The summed E-state index contributed by atoms with van der Waals surface area (Å²) in [6.45, 7) is 0. The molecule has 3 aromatic carbocycles. The van der Waals surface area contributed by atoms with Crippen molar-refractivity contribution in [2.45, 2.75) is 0 Å². The van der Waals surface area contributed by atoms with Gasteiger partial charge < -0.3 is 5.11 Å². The molecule has 2 nitrogen and oxygen atoms in total. The quantitative estimate of drug-likeness (QED) is 0.476. The van der Waals surface area contributed by atoms with Crippen molar-refractivity contribution in [1.82, 2.24) is 4.98 Å². The number of nitrogens with zero attached hydrogens (tertiary/aromatic N) is 1. The van der Waals surface area contributed by atoms with Gasteiger partial charge in [-0.05, 0) is 48.0 Å². The number of fused-ring (bicyclic) bond motifs is 1. The first kappa shape index (κ1) is 15.6. The standard InChI is InChI=1S/C21H13ClFNO/c22-13-9-10-19-17(11-13)16(14-5-1-3-7-18(14)23)12-20(24-19)15-6-2-4-8-21(15)25/h1-12,25H. The van der Waals surface area contributed by atoms with Crippen LogP contribution in [0.2, 0.25) is 5.02 Å². The average molecular weight is 350 g/mol. The number of pyridine rings is 1. The van der Waals surface area contributed by atoms with Crippen LogP contribution in [0.1, 0.15) is 0 Å². The van der Waals surface area contributed by atoms with E-state index in [4.69, 9.17) is 11.6 Å². The minimum absolute atomic E-state index is 0.128. The first-order chi connectivity index (χ1) is 12.1. The molecule has 1 aromatic heterocycles. The zero-order valence-electron chi connectivity index (χ0n) is 13.1. The monoisotopic (exact) mass is 349 g/mol. The van der Waals surface area contributed by atoms with Crippen LogP contribution in [0.25, 0.3) is 33.3 Å². The second-order valence-corrected chi connectivity index (χ2v) is 6.15. The Balaban J connectivity index is 2.08. The molecule has 0 saturated heterocycles. The molecule has 0 amide bonds. The summed E-state index contributed by atoms with van der Waals surface area (Å²) in [5.74, 6) is -0.194. The number of halogens is 2. The topological polar surface area (TPSA) is 33.1 Å². The SMILES string of the molecule is Oc1ccccc1-c1cc(-c2ccccc2F)c2cc(Cl)ccc2n1. The van der Waals surface area contributed by atoms with E-state index in [9.17, 15) is 9.50 Å². The maximum atomic E-state index is 14.4. The van der Waals surface area contributed by atoms with Gasteiger partial charge in [0, 0.05) is 21.5 Å². The molecule has 0 bridgehead atoms. The fraction of sp³-hybridized carbons (Fsp3) is 0. The van der Waals surface area contributed by atoms with Gasteiger partial charge in [0.05, 0.1) is 11.2 Å². The molecule has 0 aliphatic heterocycles. The van der Waals surface area contributed by atoms with Gasteiger partial charge in [0.15, 0.2) is 0 Å². The van der Waals surface area contributed by atoms with Crippen molar-refractivity contribution in [3.05, 3.63) is 83.6 Å². The Bertz CT molecular complexity index is 1090. The van der Waals surface area contributed by atoms with Crippen molar-refractivity contribution in [2.75, 3.05) is 0 Å². The normalized spacial score (nSPS) is 11.0. The van der Waals surface area contributed by atoms with Crippen LogP contribution < -0.4 is 0 Å². The number of rotatable bonds is 2. The molecule has 4 heteroatoms. The Morgan fingerprint density at radius 3 is 2.28 bits per heavy atom. The largest absolute Gasteiger partial charge is 0.507 e. The van der Waals surface area contributed by atoms with Crippen LogP contribution in [-0.2, 0) is 0 Å². The first-order valence-corrected chi connectivity index (χ1v) is 8.15. The summed E-state index contributed by atoms with van der Waals surface area (Å²) in [7, 11) is 0. The summed E-state index contributed by atoms with van der Waals surface area (Å²) >= 11 is 6.14.